The van der Waals surface area contributed by atoms with Gasteiger partial charge in [-0.25, -0.2) is 0 Å². The monoisotopic (exact) mass is 1020 g/mol. The minimum absolute atomic E-state index is 0.0767. The third kappa shape index (κ3) is 59.6. The molecule has 0 amide bonds. The average molecular weight is 1020 g/mol. The Morgan fingerprint density at radius 1 is 0.288 bits per heavy atom. The van der Waals surface area contributed by atoms with Crippen LogP contribution >= 0.6 is 0 Å². The second-order valence-corrected chi connectivity index (χ2v) is 20.9. The lowest BCUT2D eigenvalue weighted by Gasteiger charge is -2.18. The van der Waals surface area contributed by atoms with Crippen LogP contribution in [-0.2, 0) is 28.6 Å². The third-order valence-corrected chi connectivity index (χ3v) is 13.7. The van der Waals surface area contributed by atoms with Crippen LogP contribution in [0, 0.1) is 0 Å². The summed E-state index contributed by atoms with van der Waals surface area (Å²) >= 11 is 0. The van der Waals surface area contributed by atoms with E-state index < -0.39 is 6.10 Å². The Labute approximate surface area is 453 Å². The maximum absolute atomic E-state index is 12.8. The highest BCUT2D eigenvalue weighted by molar-refractivity contribution is 5.71. The van der Waals surface area contributed by atoms with Crippen molar-refractivity contribution in [2.24, 2.45) is 0 Å². The summed E-state index contributed by atoms with van der Waals surface area (Å²) in [6.07, 6.45) is 79.4. The first kappa shape index (κ1) is 69.8. The van der Waals surface area contributed by atoms with Gasteiger partial charge in [-0.05, 0) is 89.9 Å². The van der Waals surface area contributed by atoms with Crippen molar-refractivity contribution in [3.05, 3.63) is 72.9 Å². The topological polar surface area (TPSA) is 78.9 Å². The molecule has 0 fully saturated rings. The second-order valence-electron chi connectivity index (χ2n) is 20.9. The van der Waals surface area contributed by atoms with Gasteiger partial charge < -0.3 is 14.2 Å². The highest BCUT2D eigenvalue weighted by Gasteiger charge is 2.19. The number of allylic oxidation sites excluding steroid dienone is 12. The Hall–Kier alpha value is -3.15. The number of unbranched alkanes of at least 4 members (excludes halogenated alkanes) is 34. The standard InChI is InChI=1S/C67H118O6/c1-4-7-10-13-16-18-20-22-24-26-27-28-29-30-31-32-33-34-35-36-37-38-39-41-42-44-46-48-51-54-57-60-66(69)72-63-64(62-71-65(68)59-56-53-50-15-12-9-6-3)73-67(70)61-58-55-52-49-47-45-43-40-25-23-21-19-17-14-11-8-5-2/h8,11,17,19-20,22-23,25-27,29-30,64H,4-7,9-10,12-16,18,21,24,28,31-63H2,1-3H3/b11-8-,19-17-,22-20-,25-23-,27-26-,30-29-. The van der Waals surface area contributed by atoms with Crippen molar-refractivity contribution in [3.8, 4) is 0 Å². The zero-order valence-electron chi connectivity index (χ0n) is 48.4. The number of carbonyl (C=O) groups excluding carboxylic acids is 3. The fourth-order valence-electron chi connectivity index (χ4n) is 9.00. The number of esters is 3. The Bertz CT molecular complexity index is 1360. The molecule has 1 unspecified atom stereocenters. The second kappa shape index (κ2) is 61.4. The van der Waals surface area contributed by atoms with Crippen LogP contribution in [0.5, 0.6) is 0 Å². The first-order valence-electron chi connectivity index (χ1n) is 31.4. The van der Waals surface area contributed by atoms with Gasteiger partial charge in [0.25, 0.3) is 0 Å². The molecule has 0 N–H and O–H groups in total. The largest absolute Gasteiger partial charge is 0.462 e. The molecule has 73 heavy (non-hydrogen) atoms. The third-order valence-electron chi connectivity index (χ3n) is 13.7. The van der Waals surface area contributed by atoms with E-state index in [0.717, 1.165) is 96.3 Å². The molecule has 6 nitrogen and oxygen atoms in total. The number of ether oxygens (including phenoxy) is 3. The lowest BCUT2D eigenvalue weighted by atomic mass is 10.0. The van der Waals surface area contributed by atoms with Gasteiger partial charge in [-0.3, -0.25) is 14.4 Å². The number of rotatable bonds is 57. The Morgan fingerprint density at radius 3 is 0.836 bits per heavy atom. The molecule has 0 aliphatic carbocycles. The van der Waals surface area contributed by atoms with Crippen molar-refractivity contribution < 1.29 is 28.6 Å². The molecule has 0 saturated carbocycles. The number of hydrogen-bond acceptors (Lipinski definition) is 6. The van der Waals surface area contributed by atoms with E-state index in [0.29, 0.717) is 19.3 Å². The van der Waals surface area contributed by atoms with Gasteiger partial charge in [-0.1, -0.05) is 280 Å². The quantitative estimate of drug-likeness (QED) is 0.0261. The van der Waals surface area contributed by atoms with Gasteiger partial charge in [-0.15, -0.1) is 0 Å². The highest BCUT2D eigenvalue weighted by atomic mass is 16.6. The molecule has 0 aromatic rings. The van der Waals surface area contributed by atoms with Crippen molar-refractivity contribution in [2.75, 3.05) is 13.2 Å². The van der Waals surface area contributed by atoms with Gasteiger partial charge in [0.05, 0.1) is 0 Å². The predicted octanol–water partition coefficient (Wildman–Crippen LogP) is 21.3. The van der Waals surface area contributed by atoms with Crippen LogP contribution in [0.3, 0.4) is 0 Å². The van der Waals surface area contributed by atoms with Gasteiger partial charge in [0.1, 0.15) is 13.2 Å². The molecule has 0 bridgehead atoms. The zero-order chi connectivity index (χ0) is 52.9. The van der Waals surface area contributed by atoms with E-state index in [4.69, 9.17) is 14.2 Å². The van der Waals surface area contributed by atoms with Crippen LogP contribution in [0.15, 0.2) is 72.9 Å². The number of hydrogen-bond donors (Lipinski definition) is 0. The summed E-state index contributed by atoms with van der Waals surface area (Å²) < 4.78 is 16.8. The fraction of sp³-hybridized carbons (Fsp3) is 0.776. The lowest BCUT2D eigenvalue weighted by molar-refractivity contribution is -0.167. The minimum atomic E-state index is -0.777. The molecule has 0 spiro atoms. The van der Waals surface area contributed by atoms with Crippen LogP contribution in [0.2, 0.25) is 0 Å². The first-order chi connectivity index (χ1) is 36.0. The molecule has 0 aliphatic rings. The maximum atomic E-state index is 12.8. The van der Waals surface area contributed by atoms with Crippen LogP contribution in [0.25, 0.3) is 0 Å². The van der Waals surface area contributed by atoms with Gasteiger partial charge >= 0.3 is 17.9 Å². The normalized spacial score (nSPS) is 12.5. The van der Waals surface area contributed by atoms with Crippen molar-refractivity contribution in [2.45, 2.75) is 322 Å². The summed E-state index contributed by atoms with van der Waals surface area (Å²) in [6, 6.07) is 0. The molecular weight excluding hydrogens is 901 g/mol. The van der Waals surface area contributed by atoms with Crippen LogP contribution in [0.1, 0.15) is 316 Å². The summed E-state index contributed by atoms with van der Waals surface area (Å²) in [5.74, 6) is -0.882. The molecule has 0 radical (unpaired) electrons. The van der Waals surface area contributed by atoms with E-state index in [2.05, 4.69) is 93.7 Å². The predicted molar refractivity (Wildman–Crippen MR) is 316 cm³/mol. The van der Waals surface area contributed by atoms with Crippen molar-refractivity contribution in [1.82, 2.24) is 0 Å². The molecular formula is C67H118O6. The van der Waals surface area contributed by atoms with Crippen molar-refractivity contribution >= 4 is 17.9 Å². The SMILES string of the molecule is CC/C=C\C/C=C\C/C=C\CCCCCCCCCC(=O)OC(COC(=O)CCCCCCCCC)COC(=O)CCCCCCCCCCCCCCCCCC/C=C\C/C=C\C/C=C\CCCCCCC. The van der Waals surface area contributed by atoms with E-state index in [1.54, 1.807) is 0 Å². The van der Waals surface area contributed by atoms with E-state index in [1.807, 2.05) is 0 Å². The van der Waals surface area contributed by atoms with Gasteiger partial charge in [0, 0.05) is 19.3 Å². The molecule has 0 heterocycles. The molecule has 422 valence electrons. The molecule has 0 aromatic heterocycles. The summed E-state index contributed by atoms with van der Waals surface area (Å²) in [5.41, 5.74) is 0. The van der Waals surface area contributed by atoms with E-state index in [9.17, 15) is 14.4 Å². The molecule has 0 aromatic carbocycles. The van der Waals surface area contributed by atoms with E-state index >= 15 is 0 Å². The van der Waals surface area contributed by atoms with E-state index in [1.165, 1.54) is 180 Å². The smallest absolute Gasteiger partial charge is 0.306 e. The first-order valence-corrected chi connectivity index (χ1v) is 31.4. The summed E-state index contributed by atoms with van der Waals surface area (Å²) in [7, 11) is 0. The Balaban J connectivity index is 4.05. The molecule has 1 atom stereocenters. The Kier molecular flexibility index (Phi) is 58.7. The molecule has 0 rings (SSSR count). The van der Waals surface area contributed by atoms with Crippen LogP contribution in [-0.4, -0.2) is 37.2 Å². The molecule has 6 heteroatoms. The van der Waals surface area contributed by atoms with Crippen molar-refractivity contribution in [3.63, 3.8) is 0 Å². The van der Waals surface area contributed by atoms with E-state index in [-0.39, 0.29) is 31.1 Å². The lowest BCUT2D eigenvalue weighted by Crippen LogP contribution is -2.30. The fourth-order valence-corrected chi connectivity index (χ4v) is 9.00. The Morgan fingerprint density at radius 2 is 0.534 bits per heavy atom. The summed E-state index contributed by atoms with van der Waals surface area (Å²) in [4.78, 5) is 38.0. The molecule has 0 saturated heterocycles. The van der Waals surface area contributed by atoms with Gasteiger partial charge in [0.2, 0.25) is 0 Å². The number of carbonyl (C=O) groups is 3. The van der Waals surface area contributed by atoms with Crippen molar-refractivity contribution in [1.29, 1.82) is 0 Å². The molecule has 0 aliphatic heterocycles. The van der Waals surface area contributed by atoms with Crippen LogP contribution in [0.4, 0.5) is 0 Å². The summed E-state index contributed by atoms with van der Waals surface area (Å²) in [6.45, 7) is 6.49. The van der Waals surface area contributed by atoms with Gasteiger partial charge in [-0.2, -0.15) is 0 Å². The summed E-state index contributed by atoms with van der Waals surface area (Å²) in [5, 5.41) is 0. The van der Waals surface area contributed by atoms with Gasteiger partial charge in [0.15, 0.2) is 6.10 Å². The van der Waals surface area contributed by atoms with Crippen LogP contribution < -0.4 is 0 Å². The maximum Gasteiger partial charge on any atom is 0.306 e. The minimum Gasteiger partial charge on any atom is -0.462 e. The average Bonchev–Trinajstić information content (AvgIpc) is 3.39. The zero-order valence-corrected chi connectivity index (χ0v) is 48.4. The highest BCUT2D eigenvalue weighted by Crippen LogP contribution is 2.17.